The lowest BCUT2D eigenvalue weighted by Gasteiger charge is -2.29. The van der Waals surface area contributed by atoms with Gasteiger partial charge in [-0.15, -0.1) is 0 Å². The predicted molar refractivity (Wildman–Crippen MR) is 88.3 cm³/mol. The number of halogens is 1. The van der Waals surface area contributed by atoms with Crippen molar-refractivity contribution >= 4 is 17.7 Å². The highest BCUT2D eigenvalue weighted by molar-refractivity contribution is 5.92. The Morgan fingerprint density at radius 2 is 2.00 bits per heavy atom. The van der Waals surface area contributed by atoms with Crippen molar-refractivity contribution in [2.45, 2.75) is 64.1 Å². The average Bonchev–Trinajstić information content (AvgIpc) is 3.32. The number of carbonyl (C=O) groups excluding carboxylic acids is 3. The van der Waals surface area contributed by atoms with E-state index in [1.165, 1.54) is 10.4 Å². The fourth-order valence-corrected chi connectivity index (χ4v) is 3.26. The van der Waals surface area contributed by atoms with Gasteiger partial charge < -0.3 is 10.2 Å². The van der Waals surface area contributed by atoms with Crippen LogP contribution in [0.2, 0.25) is 0 Å². The Kier molecular flexibility index (Phi) is 7.16. The number of carbonyl (C=O) groups is 3. The first-order chi connectivity index (χ1) is 12.0. The van der Waals surface area contributed by atoms with Crippen molar-refractivity contribution in [3.8, 4) is 0 Å². The molecule has 2 aliphatic rings. The SMILES string of the molecule is CCCC[C@@H](C(=O)N1CCC[C@H]1C(=O)NCC1CC1)[C@@H](F)C(=O)NO. The van der Waals surface area contributed by atoms with E-state index in [2.05, 4.69) is 5.32 Å². The Labute approximate surface area is 147 Å². The maximum atomic E-state index is 14.4. The van der Waals surface area contributed by atoms with Crippen LogP contribution < -0.4 is 10.8 Å². The van der Waals surface area contributed by atoms with Crippen molar-refractivity contribution in [3.05, 3.63) is 0 Å². The van der Waals surface area contributed by atoms with Crippen LogP contribution in [-0.2, 0) is 14.4 Å². The first-order valence-electron chi connectivity index (χ1n) is 9.15. The molecule has 0 radical (unpaired) electrons. The minimum Gasteiger partial charge on any atom is -0.354 e. The number of alkyl halides is 1. The molecule has 3 N–H and O–H groups in total. The van der Waals surface area contributed by atoms with Crippen LogP contribution in [0.4, 0.5) is 4.39 Å². The number of rotatable bonds is 9. The second-order valence-electron chi connectivity index (χ2n) is 7.00. The molecule has 2 rings (SSSR count). The molecule has 0 spiro atoms. The number of hydroxylamine groups is 1. The molecule has 0 aromatic heterocycles. The van der Waals surface area contributed by atoms with Crippen LogP contribution in [0.5, 0.6) is 0 Å². The number of hydrogen-bond acceptors (Lipinski definition) is 4. The molecule has 7 nitrogen and oxygen atoms in total. The first-order valence-corrected chi connectivity index (χ1v) is 9.15. The summed E-state index contributed by atoms with van der Waals surface area (Å²) in [4.78, 5) is 38.0. The lowest BCUT2D eigenvalue weighted by Crippen LogP contribution is -2.51. The van der Waals surface area contributed by atoms with E-state index in [-0.39, 0.29) is 12.3 Å². The van der Waals surface area contributed by atoms with Gasteiger partial charge >= 0.3 is 0 Å². The van der Waals surface area contributed by atoms with Crippen molar-refractivity contribution in [1.82, 2.24) is 15.7 Å². The summed E-state index contributed by atoms with van der Waals surface area (Å²) < 4.78 is 14.4. The van der Waals surface area contributed by atoms with Gasteiger partial charge in [0, 0.05) is 13.1 Å². The molecule has 3 atom stereocenters. The van der Waals surface area contributed by atoms with Gasteiger partial charge in [0.05, 0.1) is 5.92 Å². The van der Waals surface area contributed by atoms with Crippen LogP contribution in [0.15, 0.2) is 0 Å². The summed E-state index contributed by atoms with van der Waals surface area (Å²) in [5.41, 5.74) is 1.28. The number of likely N-dealkylation sites (tertiary alicyclic amines) is 1. The van der Waals surface area contributed by atoms with Crippen molar-refractivity contribution in [2.75, 3.05) is 13.1 Å². The number of amides is 3. The lowest BCUT2D eigenvalue weighted by atomic mass is 9.94. The molecule has 1 aliphatic heterocycles. The molecule has 3 amide bonds. The predicted octanol–water partition coefficient (Wildman–Crippen LogP) is 1.15. The Morgan fingerprint density at radius 1 is 1.28 bits per heavy atom. The molecule has 1 saturated carbocycles. The zero-order chi connectivity index (χ0) is 18.4. The highest BCUT2D eigenvalue weighted by Crippen LogP contribution is 2.28. The van der Waals surface area contributed by atoms with E-state index in [4.69, 9.17) is 5.21 Å². The zero-order valence-corrected chi connectivity index (χ0v) is 14.7. The second-order valence-corrected chi connectivity index (χ2v) is 7.00. The monoisotopic (exact) mass is 357 g/mol. The van der Waals surface area contributed by atoms with Crippen molar-refractivity contribution in [2.24, 2.45) is 11.8 Å². The van der Waals surface area contributed by atoms with Gasteiger partial charge in [-0.3, -0.25) is 19.6 Å². The molecule has 0 unspecified atom stereocenters. The van der Waals surface area contributed by atoms with Crippen LogP contribution in [0.3, 0.4) is 0 Å². The molecule has 0 aromatic carbocycles. The van der Waals surface area contributed by atoms with E-state index >= 15 is 0 Å². The average molecular weight is 357 g/mol. The highest BCUT2D eigenvalue weighted by Gasteiger charge is 2.41. The minimum absolute atomic E-state index is 0.200. The largest absolute Gasteiger partial charge is 0.354 e. The van der Waals surface area contributed by atoms with Gasteiger partial charge in [0.1, 0.15) is 6.04 Å². The molecule has 1 saturated heterocycles. The molecule has 1 heterocycles. The second kappa shape index (κ2) is 9.12. The van der Waals surface area contributed by atoms with Gasteiger partial charge in [-0.1, -0.05) is 19.8 Å². The van der Waals surface area contributed by atoms with Gasteiger partial charge in [-0.05, 0) is 38.0 Å². The summed E-state index contributed by atoms with van der Waals surface area (Å²) in [6, 6.07) is -0.597. The quantitative estimate of drug-likeness (QED) is 0.426. The number of hydrogen-bond donors (Lipinski definition) is 3. The third kappa shape index (κ3) is 5.14. The third-order valence-electron chi connectivity index (χ3n) is 5.00. The van der Waals surface area contributed by atoms with E-state index in [1.54, 1.807) is 0 Å². The van der Waals surface area contributed by atoms with E-state index in [1.807, 2.05) is 6.92 Å². The maximum absolute atomic E-state index is 14.4. The smallest absolute Gasteiger partial charge is 0.278 e. The Bertz CT molecular complexity index is 498. The summed E-state index contributed by atoms with van der Waals surface area (Å²) in [6.07, 6.45) is 2.88. The molecule has 142 valence electrons. The van der Waals surface area contributed by atoms with Crippen LogP contribution >= 0.6 is 0 Å². The molecular formula is C17H28FN3O4. The van der Waals surface area contributed by atoms with Crippen LogP contribution in [0.1, 0.15) is 51.9 Å². The first kappa shape index (κ1) is 19.6. The lowest BCUT2D eigenvalue weighted by molar-refractivity contribution is -0.149. The van der Waals surface area contributed by atoms with Gasteiger partial charge in [0.15, 0.2) is 6.17 Å². The van der Waals surface area contributed by atoms with E-state index in [0.717, 1.165) is 19.3 Å². The molecule has 25 heavy (non-hydrogen) atoms. The fraction of sp³-hybridized carbons (Fsp3) is 0.824. The van der Waals surface area contributed by atoms with Crippen molar-refractivity contribution in [3.63, 3.8) is 0 Å². The summed E-state index contributed by atoms with van der Waals surface area (Å²) >= 11 is 0. The van der Waals surface area contributed by atoms with Crippen LogP contribution in [0, 0.1) is 11.8 Å². The summed E-state index contributed by atoms with van der Waals surface area (Å²) in [7, 11) is 0. The number of nitrogens with one attached hydrogen (secondary N) is 2. The summed E-state index contributed by atoms with van der Waals surface area (Å²) in [6.45, 7) is 2.91. The van der Waals surface area contributed by atoms with Gasteiger partial charge in [0.25, 0.3) is 5.91 Å². The molecule has 0 bridgehead atoms. The Morgan fingerprint density at radius 3 is 2.60 bits per heavy atom. The van der Waals surface area contributed by atoms with E-state index < -0.39 is 29.9 Å². The normalized spacial score (nSPS) is 22.4. The number of unbranched alkanes of at least 4 members (excludes halogenated alkanes) is 1. The standard InChI is InChI=1S/C17H28FN3O4/c1-2-3-5-12(14(18)16(23)20-25)17(24)21-9-4-6-13(21)15(22)19-10-11-7-8-11/h11-14,25H,2-10H2,1H3,(H,19,22)(H,20,23)/t12-,13+,14-/m1/s1. The molecular weight excluding hydrogens is 329 g/mol. The van der Waals surface area contributed by atoms with Crippen LogP contribution in [0.25, 0.3) is 0 Å². The molecule has 1 aliphatic carbocycles. The zero-order valence-electron chi connectivity index (χ0n) is 14.7. The summed E-state index contributed by atoms with van der Waals surface area (Å²) in [5.74, 6) is -2.58. The maximum Gasteiger partial charge on any atom is 0.278 e. The van der Waals surface area contributed by atoms with Crippen molar-refractivity contribution in [1.29, 1.82) is 0 Å². The Hall–Kier alpha value is -1.70. The summed E-state index contributed by atoms with van der Waals surface area (Å²) in [5, 5.41) is 11.5. The molecule has 0 aromatic rings. The third-order valence-corrected chi connectivity index (χ3v) is 5.00. The fourth-order valence-electron chi connectivity index (χ4n) is 3.26. The highest BCUT2D eigenvalue weighted by atomic mass is 19.1. The van der Waals surface area contributed by atoms with E-state index in [0.29, 0.717) is 38.3 Å². The van der Waals surface area contributed by atoms with E-state index in [9.17, 15) is 18.8 Å². The minimum atomic E-state index is -2.13. The van der Waals surface area contributed by atoms with Gasteiger partial charge in [-0.2, -0.15) is 0 Å². The molecule has 8 heteroatoms. The van der Waals surface area contributed by atoms with Crippen LogP contribution in [-0.4, -0.2) is 53.1 Å². The topological polar surface area (TPSA) is 98.7 Å². The van der Waals surface area contributed by atoms with Gasteiger partial charge in [-0.25, -0.2) is 9.87 Å². The molecule has 2 fully saturated rings. The van der Waals surface area contributed by atoms with Gasteiger partial charge in [0.2, 0.25) is 11.8 Å². The van der Waals surface area contributed by atoms with Crippen molar-refractivity contribution < 1.29 is 24.0 Å². The number of nitrogens with zero attached hydrogens (tertiary/aromatic N) is 1. The Balaban J connectivity index is 2.03.